The Labute approximate surface area is 118 Å². The van der Waals surface area contributed by atoms with Gasteiger partial charge in [-0.1, -0.05) is 71.1 Å². The molecule has 0 spiro atoms. The molecule has 108 valence electrons. The van der Waals surface area contributed by atoms with E-state index in [1.165, 1.54) is 64.2 Å². The largest absolute Gasteiger partial charge is 0.369 e. The van der Waals surface area contributed by atoms with Crippen molar-refractivity contribution in [2.45, 2.75) is 77.6 Å². The van der Waals surface area contributed by atoms with E-state index in [1.807, 2.05) is 0 Å². The van der Waals surface area contributed by atoms with Crippen molar-refractivity contribution in [3.63, 3.8) is 0 Å². The van der Waals surface area contributed by atoms with Gasteiger partial charge in [0, 0.05) is 18.3 Å². The summed E-state index contributed by atoms with van der Waals surface area (Å²) in [7, 11) is 0. The van der Waals surface area contributed by atoms with Crippen LogP contribution in [-0.2, 0) is 0 Å². The van der Waals surface area contributed by atoms with Gasteiger partial charge < -0.3 is 5.73 Å². The molecular formula is C14H30ClN3. The summed E-state index contributed by atoms with van der Waals surface area (Å²) in [5.74, 6) is 0.323. The van der Waals surface area contributed by atoms with Crippen molar-refractivity contribution in [2.24, 2.45) is 10.7 Å². The number of unbranched alkanes of at least 4 members (excludes halogenated alkanes) is 10. The van der Waals surface area contributed by atoms with Gasteiger partial charge in [-0.25, -0.2) is 0 Å². The number of rotatable bonds is 12. The van der Waals surface area contributed by atoms with Crippen LogP contribution in [-0.4, -0.2) is 12.5 Å². The van der Waals surface area contributed by atoms with Crippen molar-refractivity contribution in [1.29, 1.82) is 0 Å². The zero-order valence-corrected chi connectivity index (χ0v) is 12.6. The molecule has 0 aliphatic rings. The fourth-order valence-corrected chi connectivity index (χ4v) is 2.07. The topological polar surface area (TPSA) is 50.4 Å². The molecule has 0 rings (SSSR count). The third-order valence-electron chi connectivity index (χ3n) is 3.14. The van der Waals surface area contributed by atoms with Gasteiger partial charge in [-0.2, -0.15) is 0 Å². The van der Waals surface area contributed by atoms with Gasteiger partial charge >= 0.3 is 0 Å². The van der Waals surface area contributed by atoms with Crippen LogP contribution in [0.3, 0.4) is 0 Å². The second kappa shape index (κ2) is 14.6. The van der Waals surface area contributed by atoms with E-state index < -0.39 is 0 Å². The number of nitrogens with two attached hydrogens (primary N) is 1. The van der Waals surface area contributed by atoms with Gasteiger partial charge in [0.25, 0.3) is 0 Å². The summed E-state index contributed by atoms with van der Waals surface area (Å²) in [6, 6.07) is 0. The molecule has 3 nitrogen and oxygen atoms in total. The number of guanidine groups is 1. The van der Waals surface area contributed by atoms with Crippen molar-refractivity contribution in [3.05, 3.63) is 0 Å². The van der Waals surface area contributed by atoms with E-state index in [1.54, 1.807) is 0 Å². The molecule has 0 saturated heterocycles. The molecule has 0 aliphatic carbocycles. The molecule has 0 aromatic heterocycles. The van der Waals surface area contributed by atoms with Crippen LogP contribution in [0.5, 0.6) is 0 Å². The van der Waals surface area contributed by atoms with Crippen LogP contribution in [0.1, 0.15) is 77.6 Å². The van der Waals surface area contributed by atoms with Crippen LogP contribution in [0.15, 0.2) is 4.99 Å². The van der Waals surface area contributed by atoms with Crippen LogP contribution in [0.25, 0.3) is 0 Å². The monoisotopic (exact) mass is 275 g/mol. The summed E-state index contributed by atoms with van der Waals surface area (Å²) in [4.78, 5) is 6.37. The number of nitrogens with one attached hydrogen (secondary N) is 1. The van der Waals surface area contributed by atoms with Crippen molar-refractivity contribution in [2.75, 3.05) is 6.54 Å². The highest BCUT2D eigenvalue weighted by molar-refractivity contribution is 6.21. The van der Waals surface area contributed by atoms with E-state index in [9.17, 15) is 0 Å². The van der Waals surface area contributed by atoms with E-state index in [4.69, 9.17) is 17.5 Å². The Bertz CT molecular complexity index is 195. The highest BCUT2D eigenvalue weighted by Crippen LogP contribution is 2.11. The minimum Gasteiger partial charge on any atom is -0.369 e. The van der Waals surface area contributed by atoms with Crippen LogP contribution in [0, 0.1) is 0 Å². The van der Waals surface area contributed by atoms with Crippen LogP contribution in [0.4, 0.5) is 0 Å². The molecule has 0 aliphatic heterocycles. The standard InChI is InChI=1S/C14H30ClN3/c1-2-3-4-5-6-7-8-9-10-11-12-13-17-14(16)18-15/h2-13H2,1H3,(H3,16,17,18). The van der Waals surface area contributed by atoms with Crippen molar-refractivity contribution < 1.29 is 0 Å². The second-order valence-electron chi connectivity index (χ2n) is 4.90. The minimum atomic E-state index is 0.323. The molecule has 0 radical (unpaired) electrons. The molecule has 4 heteroatoms. The lowest BCUT2D eigenvalue weighted by Crippen LogP contribution is -2.23. The number of halogens is 1. The quantitative estimate of drug-likeness (QED) is 0.241. The predicted octanol–water partition coefficient (Wildman–Crippen LogP) is 4.36. The molecule has 0 fully saturated rings. The van der Waals surface area contributed by atoms with Gasteiger partial charge in [-0.15, -0.1) is 0 Å². The Morgan fingerprint density at radius 1 is 0.889 bits per heavy atom. The van der Waals surface area contributed by atoms with E-state index in [-0.39, 0.29) is 0 Å². The summed E-state index contributed by atoms with van der Waals surface area (Å²) in [6.07, 6.45) is 14.8. The Kier molecular flexibility index (Phi) is 14.3. The molecule has 0 aromatic rings. The first kappa shape index (κ1) is 17.6. The molecule has 0 saturated carbocycles. The lowest BCUT2D eigenvalue weighted by Gasteiger charge is -2.02. The molecular weight excluding hydrogens is 246 g/mol. The van der Waals surface area contributed by atoms with Crippen LogP contribution in [0.2, 0.25) is 0 Å². The normalized spacial score (nSPS) is 11.8. The molecule has 0 aromatic carbocycles. The van der Waals surface area contributed by atoms with Gasteiger partial charge in [0.1, 0.15) is 0 Å². The molecule has 0 bridgehead atoms. The Morgan fingerprint density at radius 2 is 1.33 bits per heavy atom. The van der Waals surface area contributed by atoms with Gasteiger partial charge in [0.2, 0.25) is 5.96 Å². The summed E-state index contributed by atoms with van der Waals surface area (Å²) in [6.45, 7) is 3.05. The first-order valence-electron chi connectivity index (χ1n) is 7.47. The van der Waals surface area contributed by atoms with E-state index in [0.29, 0.717) is 5.96 Å². The maximum absolute atomic E-state index is 5.41. The van der Waals surface area contributed by atoms with Gasteiger partial charge in [-0.3, -0.25) is 9.83 Å². The second-order valence-corrected chi connectivity index (χ2v) is 5.09. The highest BCUT2D eigenvalue weighted by Gasteiger charge is 1.93. The minimum absolute atomic E-state index is 0.323. The maximum atomic E-state index is 5.41. The molecule has 0 amide bonds. The third kappa shape index (κ3) is 13.6. The number of aliphatic imine (C=N–C) groups is 1. The zero-order chi connectivity index (χ0) is 13.5. The molecule has 0 unspecified atom stereocenters. The molecule has 0 heterocycles. The Hall–Kier alpha value is -0.440. The number of hydrogen-bond acceptors (Lipinski definition) is 1. The van der Waals surface area contributed by atoms with Crippen molar-refractivity contribution >= 4 is 17.7 Å². The lowest BCUT2D eigenvalue weighted by molar-refractivity contribution is 0.551. The average molecular weight is 276 g/mol. The summed E-state index contributed by atoms with van der Waals surface area (Å²) >= 11 is 5.29. The van der Waals surface area contributed by atoms with Crippen molar-refractivity contribution in [1.82, 2.24) is 4.84 Å². The smallest absolute Gasteiger partial charge is 0.203 e. The van der Waals surface area contributed by atoms with E-state index in [2.05, 4.69) is 16.8 Å². The summed E-state index contributed by atoms with van der Waals surface area (Å²) < 4.78 is 0. The molecule has 18 heavy (non-hydrogen) atoms. The molecule has 3 N–H and O–H groups in total. The third-order valence-corrected chi connectivity index (χ3v) is 3.33. The maximum Gasteiger partial charge on any atom is 0.203 e. The van der Waals surface area contributed by atoms with Gasteiger partial charge in [0.05, 0.1) is 0 Å². The summed E-state index contributed by atoms with van der Waals surface area (Å²) in [5, 5.41) is 0. The average Bonchev–Trinajstić information content (AvgIpc) is 2.39. The van der Waals surface area contributed by atoms with E-state index in [0.717, 1.165) is 13.0 Å². The van der Waals surface area contributed by atoms with Gasteiger partial charge in [-0.05, 0) is 6.42 Å². The highest BCUT2D eigenvalue weighted by atomic mass is 35.5. The van der Waals surface area contributed by atoms with E-state index >= 15 is 0 Å². The van der Waals surface area contributed by atoms with Crippen molar-refractivity contribution in [3.8, 4) is 0 Å². The number of nitrogens with zero attached hydrogens (tertiary/aromatic N) is 1. The first-order valence-corrected chi connectivity index (χ1v) is 7.85. The van der Waals surface area contributed by atoms with Crippen LogP contribution >= 0.6 is 11.8 Å². The molecule has 0 atom stereocenters. The summed E-state index contributed by atoms with van der Waals surface area (Å²) in [5.41, 5.74) is 5.41. The Morgan fingerprint density at radius 3 is 1.78 bits per heavy atom. The fraction of sp³-hybridized carbons (Fsp3) is 0.929. The zero-order valence-electron chi connectivity index (χ0n) is 11.9. The first-order chi connectivity index (χ1) is 8.81. The lowest BCUT2D eigenvalue weighted by atomic mass is 10.1. The number of hydrogen-bond donors (Lipinski definition) is 2. The van der Waals surface area contributed by atoms with Gasteiger partial charge in [0.15, 0.2) is 0 Å². The van der Waals surface area contributed by atoms with Crippen LogP contribution < -0.4 is 10.6 Å². The SMILES string of the molecule is CCCCCCCCCCCCCN=C(N)NCl. The fourth-order valence-electron chi connectivity index (χ4n) is 2.01. The Balaban J connectivity index is 3.03. The predicted molar refractivity (Wildman–Crippen MR) is 81.9 cm³/mol.